The summed E-state index contributed by atoms with van der Waals surface area (Å²) in [5, 5.41) is 8.50. The molecule has 1 aromatic carbocycles. The number of likely N-dealkylation sites (N-methyl/N-ethyl adjacent to an activating group) is 1. The van der Waals surface area contributed by atoms with E-state index in [2.05, 4.69) is 11.8 Å². The van der Waals surface area contributed by atoms with Crippen LogP contribution in [0.5, 0.6) is 5.75 Å². The molecule has 1 N–H and O–H groups in total. The van der Waals surface area contributed by atoms with Crippen molar-refractivity contribution < 1.29 is 14.6 Å². The zero-order valence-electron chi connectivity index (χ0n) is 10.8. The third kappa shape index (κ3) is 5.50. The Morgan fingerprint density at radius 2 is 2.06 bits per heavy atom. The van der Waals surface area contributed by atoms with Crippen LogP contribution in [0.15, 0.2) is 30.3 Å². The summed E-state index contributed by atoms with van der Waals surface area (Å²) < 4.78 is 5.58. The standard InChI is InChI=1S/C14H19NO3/c1-3-15(2)10-11-18-13-7-4-12(5-8-13)6-9-14(16)17/h4-9H,3,10-11H2,1-2H3,(H,16,17). The van der Waals surface area contributed by atoms with Crippen LogP contribution in [0.4, 0.5) is 0 Å². The van der Waals surface area contributed by atoms with E-state index in [-0.39, 0.29) is 0 Å². The van der Waals surface area contributed by atoms with Gasteiger partial charge in [-0.2, -0.15) is 0 Å². The molecule has 18 heavy (non-hydrogen) atoms. The first kappa shape index (κ1) is 14.3. The molecule has 0 fully saturated rings. The van der Waals surface area contributed by atoms with Gasteiger partial charge in [0, 0.05) is 12.6 Å². The second-order valence-corrected chi connectivity index (χ2v) is 3.98. The summed E-state index contributed by atoms with van der Waals surface area (Å²) >= 11 is 0. The molecule has 98 valence electrons. The molecule has 1 aromatic rings. The third-order valence-electron chi connectivity index (χ3n) is 2.58. The van der Waals surface area contributed by atoms with Crippen LogP contribution >= 0.6 is 0 Å². The Labute approximate surface area is 107 Å². The topological polar surface area (TPSA) is 49.8 Å². The third-order valence-corrected chi connectivity index (χ3v) is 2.58. The molecule has 0 amide bonds. The Hall–Kier alpha value is -1.81. The first-order valence-corrected chi connectivity index (χ1v) is 5.94. The maximum absolute atomic E-state index is 10.4. The Morgan fingerprint density at radius 3 is 2.61 bits per heavy atom. The average Bonchev–Trinajstić information content (AvgIpc) is 2.37. The quantitative estimate of drug-likeness (QED) is 0.752. The lowest BCUT2D eigenvalue weighted by Gasteiger charge is -2.14. The van der Waals surface area contributed by atoms with Crippen LogP contribution in [0.2, 0.25) is 0 Å². The van der Waals surface area contributed by atoms with Crippen molar-refractivity contribution in [3.05, 3.63) is 35.9 Å². The van der Waals surface area contributed by atoms with E-state index in [1.165, 1.54) is 0 Å². The van der Waals surface area contributed by atoms with E-state index in [4.69, 9.17) is 9.84 Å². The highest BCUT2D eigenvalue weighted by atomic mass is 16.5. The fourth-order valence-corrected chi connectivity index (χ4v) is 1.32. The van der Waals surface area contributed by atoms with Crippen molar-refractivity contribution in [2.75, 3.05) is 26.7 Å². The van der Waals surface area contributed by atoms with Crippen LogP contribution in [0.3, 0.4) is 0 Å². The zero-order valence-corrected chi connectivity index (χ0v) is 10.8. The average molecular weight is 249 g/mol. The Morgan fingerprint density at radius 1 is 1.39 bits per heavy atom. The first-order valence-electron chi connectivity index (χ1n) is 5.94. The molecule has 0 aromatic heterocycles. The van der Waals surface area contributed by atoms with Gasteiger partial charge < -0.3 is 14.7 Å². The number of rotatable bonds is 7. The van der Waals surface area contributed by atoms with Gasteiger partial charge in [-0.25, -0.2) is 4.79 Å². The molecule has 0 aliphatic heterocycles. The van der Waals surface area contributed by atoms with Crippen molar-refractivity contribution in [1.82, 2.24) is 4.90 Å². The minimum absolute atomic E-state index is 0.647. The predicted molar refractivity (Wildman–Crippen MR) is 71.8 cm³/mol. The highest BCUT2D eigenvalue weighted by Crippen LogP contribution is 2.13. The highest BCUT2D eigenvalue weighted by molar-refractivity contribution is 5.85. The van der Waals surface area contributed by atoms with Gasteiger partial charge in [-0.1, -0.05) is 19.1 Å². The number of carbonyl (C=O) groups is 1. The summed E-state index contributed by atoms with van der Waals surface area (Å²) in [6.07, 6.45) is 2.67. The van der Waals surface area contributed by atoms with Gasteiger partial charge in [-0.15, -0.1) is 0 Å². The second kappa shape index (κ2) is 7.50. The van der Waals surface area contributed by atoms with Gasteiger partial charge >= 0.3 is 5.97 Å². The van der Waals surface area contributed by atoms with Gasteiger partial charge in [0.15, 0.2) is 0 Å². The summed E-state index contributed by atoms with van der Waals surface area (Å²) in [5.41, 5.74) is 0.843. The molecular formula is C14H19NO3. The molecule has 0 radical (unpaired) electrons. The van der Waals surface area contributed by atoms with Crippen LogP contribution in [0, 0.1) is 0 Å². The SMILES string of the molecule is CCN(C)CCOc1ccc(C=CC(=O)O)cc1. The molecule has 0 bridgehead atoms. The number of carboxylic acids is 1. The monoisotopic (exact) mass is 249 g/mol. The number of carboxylic acid groups (broad SMARTS) is 1. The minimum Gasteiger partial charge on any atom is -0.492 e. The molecule has 4 heteroatoms. The van der Waals surface area contributed by atoms with Gasteiger partial charge in [0.1, 0.15) is 12.4 Å². The summed E-state index contributed by atoms with van der Waals surface area (Å²) in [7, 11) is 2.04. The summed E-state index contributed by atoms with van der Waals surface area (Å²) in [6.45, 7) is 4.64. The number of benzene rings is 1. The number of ether oxygens (including phenoxy) is 1. The smallest absolute Gasteiger partial charge is 0.328 e. The van der Waals surface area contributed by atoms with Gasteiger partial charge in [0.05, 0.1) is 0 Å². The zero-order chi connectivity index (χ0) is 13.4. The largest absolute Gasteiger partial charge is 0.492 e. The lowest BCUT2D eigenvalue weighted by atomic mass is 10.2. The lowest BCUT2D eigenvalue weighted by molar-refractivity contribution is -0.131. The number of aliphatic carboxylic acids is 1. The van der Waals surface area contributed by atoms with Crippen LogP contribution in [-0.2, 0) is 4.79 Å². The highest BCUT2D eigenvalue weighted by Gasteiger charge is 1.97. The van der Waals surface area contributed by atoms with Gasteiger partial charge in [-0.05, 0) is 37.4 Å². The van der Waals surface area contributed by atoms with Crippen molar-refractivity contribution in [1.29, 1.82) is 0 Å². The van der Waals surface area contributed by atoms with Gasteiger partial charge in [0.2, 0.25) is 0 Å². The molecule has 1 rings (SSSR count). The maximum atomic E-state index is 10.4. The molecule has 0 aliphatic rings. The van der Waals surface area contributed by atoms with E-state index in [1.54, 1.807) is 6.08 Å². The first-order chi connectivity index (χ1) is 8.61. The van der Waals surface area contributed by atoms with Crippen molar-refractivity contribution >= 4 is 12.0 Å². The van der Waals surface area contributed by atoms with Crippen LogP contribution in [0.25, 0.3) is 6.08 Å². The summed E-state index contributed by atoms with van der Waals surface area (Å²) in [5.74, 6) is -0.148. The lowest BCUT2D eigenvalue weighted by Crippen LogP contribution is -2.23. The van der Waals surface area contributed by atoms with Crippen LogP contribution < -0.4 is 4.74 Å². The molecule has 0 spiro atoms. The Kier molecular flexibility index (Phi) is 5.94. The van der Waals surface area contributed by atoms with Gasteiger partial charge in [-0.3, -0.25) is 0 Å². The predicted octanol–water partition coefficient (Wildman–Crippen LogP) is 2.11. The molecule has 0 unspecified atom stereocenters. The molecule has 0 saturated heterocycles. The summed E-state index contributed by atoms with van der Waals surface area (Å²) in [6, 6.07) is 7.34. The molecule has 0 saturated carbocycles. The number of nitrogens with zero attached hydrogens (tertiary/aromatic N) is 1. The number of hydrogen-bond acceptors (Lipinski definition) is 3. The van der Waals surface area contributed by atoms with E-state index < -0.39 is 5.97 Å². The van der Waals surface area contributed by atoms with Gasteiger partial charge in [0.25, 0.3) is 0 Å². The van der Waals surface area contributed by atoms with Crippen molar-refractivity contribution in [3.8, 4) is 5.75 Å². The summed E-state index contributed by atoms with van der Waals surface area (Å²) in [4.78, 5) is 12.5. The van der Waals surface area contributed by atoms with E-state index in [9.17, 15) is 4.79 Å². The Balaban J connectivity index is 2.43. The van der Waals surface area contributed by atoms with E-state index in [1.807, 2.05) is 31.3 Å². The molecule has 0 heterocycles. The maximum Gasteiger partial charge on any atom is 0.328 e. The normalized spacial score (nSPS) is 11.1. The minimum atomic E-state index is -0.946. The molecule has 0 aliphatic carbocycles. The van der Waals surface area contributed by atoms with E-state index in [0.717, 1.165) is 30.5 Å². The molecule has 0 atom stereocenters. The van der Waals surface area contributed by atoms with Crippen molar-refractivity contribution in [2.45, 2.75) is 6.92 Å². The van der Waals surface area contributed by atoms with Crippen LogP contribution in [-0.4, -0.2) is 42.7 Å². The number of hydrogen-bond donors (Lipinski definition) is 1. The van der Waals surface area contributed by atoms with Crippen molar-refractivity contribution in [3.63, 3.8) is 0 Å². The Bertz CT molecular complexity index is 398. The molecular weight excluding hydrogens is 230 g/mol. The fourth-order valence-electron chi connectivity index (χ4n) is 1.32. The van der Waals surface area contributed by atoms with E-state index in [0.29, 0.717) is 6.61 Å². The second-order valence-electron chi connectivity index (χ2n) is 3.98. The van der Waals surface area contributed by atoms with Crippen molar-refractivity contribution in [2.24, 2.45) is 0 Å². The molecule has 4 nitrogen and oxygen atoms in total. The fraction of sp³-hybridized carbons (Fsp3) is 0.357. The van der Waals surface area contributed by atoms with E-state index >= 15 is 0 Å². The van der Waals surface area contributed by atoms with Crippen LogP contribution in [0.1, 0.15) is 12.5 Å².